The molecular formula is C22H20N2O5S. The molecule has 0 aliphatic carbocycles. The summed E-state index contributed by atoms with van der Waals surface area (Å²) in [7, 11) is 2.89. The fourth-order valence-electron chi connectivity index (χ4n) is 2.54. The van der Waals surface area contributed by atoms with E-state index >= 15 is 0 Å². The molecule has 0 unspecified atom stereocenters. The van der Waals surface area contributed by atoms with Crippen LogP contribution in [-0.2, 0) is 14.4 Å². The van der Waals surface area contributed by atoms with E-state index in [4.69, 9.17) is 14.3 Å². The predicted molar refractivity (Wildman–Crippen MR) is 116 cm³/mol. The van der Waals surface area contributed by atoms with Gasteiger partial charge in [0.25, 0.3) is 5.91 Å². The summed E-state index contributed by atoms with van der Waals surface area (Å²) in [6.45, 7) is -0.302. The van der Waals surface area contributed by atoms with Crippen LogP contribution in [0.4, 0.5) is 5.69 Å². The van der Waals surface area contributed by atoms with Crippen LogP contribution >= 0.6 is 11.3 Å². The van der Waals surface area contributed by atoms with E-state index in [2.05, 4.69) is 10.5 Å². The zero-order valence-corrected chi connectivity index (χ0v) is 17.3. The van der Waals surface area contributed by atoms with Crippen molar-refractivity contribution in [2.45, 2.75) is 0 Å². The standard InChI is InChI=1S/C22H20N2O5S/c1-27-17-10-8-15(9-11-17)13-23-29-14-20(25)24-18-12-19(16-6-4-3-5-7-16)30-21(18)22(26)28-2/h3-13H,14H2,1-2H3,(H,24,25)/b23-13+. The van der Waals surface area contributed by atoms with E-state index in [9.17, 15) is 9.59 Å². The van der Waals surface area contributed by atoms with Crippen LogP contribution in [0.5, 0.6) is 5.75 Å². The summed E-state index contributed by atoms with van der Waals surface area (Å²) in [6.07, 6.45) is 1.49. The Hall–Kier alpha value is -3.65. The van der Waals surface area contributed by atoms with Crippen molar-refractivity contribution in [3.05, 3.63) is 71.1 Å². The van der Waals surface area contributed by atoms with E-state index in [-0.39, 0.29) is 6.61 Å². The Morgan fingerprint density at radius 3 is 2.47 bits per heavy atom. The van der Waals surface area contributed by atoms with Gasteiger partial charge in [0.2, 0.25) is 0 Å². The Kier molecular flexibility index (Phi) is 7.18. The van der Waals surface area contributed by atoms with Crippen LogP contribution in [0.2, 0.25) is 0 Å². The third-order valence-electron chi connectivity index (χ3n) is 4.02. The highest BCUT2D eigenvalue weighted by molar-refractivity contribution is 7.18. The minimum Gasteiger partial charge on any atom is -0.497 e. The highest BCUT2D eigenvalue weighted by Crippen LogP contribution is 2.35. The Balaban J connectivity index is 1.63. The molecule has 154 valence electrons. The van der Waals surface area contributed by atoms with Crippen LogP contribution in [-0.4, -0.2) is 38.9 Å². The van der Waals surface area contributed by atoms with E-state index in [1.807, 2.05) is 42.5 Å². The highest BCUT2D eigenvalue weighted by atomic mass is 32.1. The summed E-state index contributed by atoms with van der Waals surface area (Å²) in [5.74, 6) is -0.222. The number of anilines is 1. The van der Waals surface area contributed by atoms with Gasteiger partial charge in [-0.25, -0.2) is 4.79 Å². The average Bonchev–Trinajstić information content (AvgIpc) is 3.21. The topological polar surface area (TPSA) is 86.2 Å². The summed E-state index contributed by atoms with van der Waals surface area (Å²) in [4.78, 5) is 30.5. The van der Waals surface area contributed by atoms with Crippen molar-refractivity contribution in [3.63, 3.8) is 0 Å². The number of amides is 1. The number of esters is 1. The predicted octanol–water partition coefficient (Wildman–Crippen LogP) is 4.20. The highest BCUT2D eigenvalue weighted by Gasteiger charge is 2.19. The Morgan fingerprint density at radius 2 is 1.80 bits per heavy atom. The Bertz CT molecular complexity index is 1030. The van der Waals surface area contributed by atoms with Crippen molar-refractivity contribution in [1.29, 1.82) is 0 Å². The zero-order chi connectivity index (χ0) is 21.3. The van der Waals surface area contributed by atoms with Crippen molar-refractivity contribution in [3.8, 4) is 16.2 Å². The molecule has 1 N–H and O–H groups in total. The minimum atomic E-state index is -0.518. The number of oxime groups is 1. The number of nitrogens with one attached hydrogen (secondary N) is 1. The van der Waals surface area contributed by atoms with E-state index in [0.717, 1.165) is 21.8 Å². The number of methoxy groups -OCH3 is 2. The van der Waals surface area contributed by atoms with Crippen molar-refractivity contribution in [2.24, 2.45) is 5.16 Å². The van der Waals surface area contributed by atoms with Gasteiger partial charge in [-0.05, 0) is 41.5 Å². The third-order valence-corrected chi connectivity index (χ3v) is 5.19. The molecule has 0 aliphatic rings. The van der Waals surface area contributed by atoms with Gasteiger partial charge in [-0.2, -0.15) is 0 Å². The molecule has 0 aliphatic heterocycles. The quantitative estimate of drug-likeness (QED) is 0.333. The number of ether oxygens (including phenoxy) is 2. The van der Waals surface area contributed by atoms with Crippen LogP contribution < -0.4 is 10.1 Å². The Morgan fingerprint density at radius 1 is 1.07 bits per heavy atom. The van der Waals surface area contributed by atoms with Gasteiger partial charge >= 0.3 is 5.97 Å². The van der Waals surface area contributed by atoms with Gasteiger partial charge in [0.1, 0.15) is 10.6 Å². The molecular weight excluding hydrogens is 404 g/mol. The molecule has 0 spiro atoms. The van der Waals surface area contributed by atoms with Gasteiger partial charge < -0.3 is 19.6 Å². The first kappa shape index (κ1) is 21.1. The van der Waals surface area contributed by atoms with Crippen LogP contribution in [0.3, 0.4) is 0 Å². The second-order valence-electron chi connectivity index (χ2n) is 6.04. The number of hydrogen-bond acceptors (Lipinski definition) is 7. The van der Waals surface area contributed by atoms with Crippen molar-refractivity contribution < 1.29 is 23.9 Å². The van der Waals surface area contributed by atoms with E-state index < -0.39 is 11.9 Å². The molecule has 3 rings (SSSR count). The molecule has 30 heavy (non-hydrogen) atoms. The van der Waals surface area contributed by atoms with Crippen LogP contribution in [0.1, 0.15) is 15.2 Å². The normalized spacial score (nSPS) is 10.6. The number of hydrogen-bond donors (Lipinski definition) is 1. The maximum atomic E-state index is 12.2. The molecule has 2 aromatic carbocycles. The number of rotatable bonds is 8. The van der Waals surface area contributed by atoms with Crippen LogP contribution in [0, 0.1) is 0 Å². The van der Waals surface area contributed by atoms with Gasteiger partial charge in [-0.1, -0.05) is 35.5 Å². The van der Waals surface area contributed by atoms with Gasteiger partial charge in [0, 0.05) is 4.88 Å². The fourth-order valence-corrected chi connectivity index (χ4v) is 3.58. The van der Waals surface area contributed by atoms with Gasteiger partial charge in [0.15, 0.2) is 6.61 Å². The molecule has 0 saturated carbocycles. The summed E-state index contributed by atoms with van der Waals surface area (Å²) >= 11 is 1.25. The molecule has 0 saturated heterocycles. The second kappa shape index (κ2) is 10.2. The molecule has 1 heterocycles. The van der Waals surface area contributed by atoms with Crippen molar-refractivity contribution in [2.75, 3.05) is 26.1 Å². The van der Waals surface area contributed by atoms with E-state index in [1.54, 1.807) is 25.3 Å². The molecule has 0 atom stereocenters. The first-order valence-corrected chi connectivity index (χ1v) is 9.79. The van der Waals surface area contributed by atoms with Crippen LogP contribution in [0.25, 0.3) is 10.4 Å². The van der Waals surface area contributed by atoms with Gasteiger partial charge in [0.05, 0.1) is 26.1 Å². The molecule has 0 radical (unpaired) electrons. The molecule has 1 amide bonds. The van der Waals surface area contributed by atoms with E-state index in [1.165, 1.54) is 24.7 Å². The zero-order valence-electron chi connectivity index (χ0n) is 16.5. The maximum Gasteiger partial charge on any atom is 0.350 e. The first-order chi connectivity index (χ1) is 14.6. The minimum absolute atomic E-state index is 0.302. The maximum absolute atomic E-state index is 12.2. The molecule has 0 bridgehead atoms. The summed E-state index contributed by atoms with van der Waals surface area (Å²) < 4.78 is 9.91. The largest absolute Gasteiger partial charge is 0.497 e. The van der Waals surface area contributed by atoms with Gasteiger partial charge in [-0.3, -0.25) is 4.79 Å². The Labute approximate surface area is 177 Å². The monoisotopic (exact) mass is 424 g/mol. The lowest BCUT2D eigenvalue weighted by Crippen LogP contribution is -2.18. The van der Waals surface area contributed by atoms with Gasteiger partial charge in [-0.15, -0.1) is 11.3 Å². The lowest BCUT2D eigenvalue weighted by molar-refractivity contribution is -0.120. The fraction of sp³-hybridized carbons (Fsp3) is 0.136. The molecule has 1 aromatic heterocycles. The number of carbonyl (C=O) groups is 2. The summed E-state index contributed by atoms with van der Waals surface area (Å²) in [5.41, 5.74) is 2.11. The number of thiophene rings is 1. The smallest absolute Gasteiger partial charge is 0.350 e. The SMILES string of the molecule is COC(=O)c1sc(-c2ccccc2)cc1NC(=O)CO/N=C/c1ccc(OC)cc1. The number of benzene rings is 2. The number of nitrogens with zero attached hydrogens (tertiary/aromatic N) is 1. The lowest BCUT2D eigenvalue weighted by Gasteiger charge is -2.04. The summed E-state index contributed by atoms with van der Waals surface area (Å²) in [5, 5.41) is 6.47. The van der Waals surface area contributed by atoms with E-state index in [0.29, 0.717) is 10.6 Å². The molecule has 0 fully saturated rings. The third kappa shape index (κ3) is 5.45. The molecule has 7 nitrogen and oxygen atoms in total. The summed E-state index contributed by atoms with van der Waals surface area (Å²) in [6, 6.07) is 18.5. The molecule has 3 aromatic rings. The second-order valence-corrected chi connectivity index (χ2v) is 7.09. The average molecular weight is 424 g/mol. The van der Waals surface area contributed by atoms with Crippen molar-refractivity contribution >= 4 is 35.1 Å². The lowest BCUT2D eigenvalue weighted by atomic mass is 10.2. The van der Waals surface area contributed by atoms with Crippen molar-refractivity contribution in [1.82, 2.24) is 0 Å². The van der Waals surface area contributed by atoms with Crippen LogP contribution in [0.15, 0.2) is 65.8 Å². The molecule has 8 heteroatoms. The first-order valence-electron chi connectivity index (χ1n) is 8.97. The number of carbonyl (C=O) groups excluding carboxylic acids is 2.